The summed E-state index contributed by atoms with van der Waals surface area (Å²) < 4.78 is 1.99. The lowest BCUT2D eigenvalue weighted by atomic mass is 10.1. The maximum absolute atomic E-state index is 12.0. The molecular formula is C21H19N3O. The van der Waals surface area contributed by atoms with E-state index in [4.69, 9.17) is 6.42 Å². The standard InChI is InChI=1S/C21H19N3O/c1-3-12-24-15-18(19-6-4-5-7-20(19)24)14-22-23-21(25)13-17-10-8-16(2)9-11-17/h1,4-11,14-15H,12-13H2,2H3,(H,23,25)/b22-14-. The lowest BCUT2D eigenvalue weighted by Gasteiger charge is -2.01. The molecule has 0 spiro atoms. The Morgan fingerprint density at radius 2 is 2.00 bits per heavy atom. The van der Waals surface area contributed by atoms with E-state index in [0.717, 1.165) is 22.0 Å². The van der Waals surface area contributed by atoms with Crippen molar-refractivity contribution < 1.29 is 4.79 Å². The molecule has 1 aromatic heterocycles. The van der Waals surface area contributed by atoms with Gasteiger partial charge in [0, 0.05) is 22.7 Å². The van der Waals surface area contributed by atoms with Crippen molar-refractivity contribution in [1.29, 1.82) is 0 Å². The molecule has 3 rings (SSSR count). The van der Waals surface area contributed by atoms with Gasteiger partial charge in [0.2, 0.25) is 5.91 Å². The van der Waals surface area contributed by atoms with E-state index in [9.17, 15) is 4.79 Å². The van der Waals surface area contributed by atoms with Crippen LogP contribution in [0.3, 0.4) is 0 Å². The normalized spacial score (nSPS) is 10.9. The van der Waals surface area contributed by atoms with Crippen molar-refractivity contribution in [3.05, 3.63) is 71.4 Å². The van der Waals surface area contributed by atoms with Crippen LogP contribution in [0.1, 0.15) is 16.7 Å². The highest BCUT2D eigenvalue weighted by molar-refractivity contribution is 5.99. The molecule has 2 aromatic carbocycles. The van der Waals surface area contributed by atoms with E-state index in [1.807, 2.05) is 66.2 Å². The largest absolute Gasteiger partial charge is 0.335 e. The van der Waals surface area contributed by atoms with Gasteiger partial charge in [-0.05, 0) is 18.6 Å². The number of fused-ring (bicyclic) bond motifs is 1. The lowest BCUT2D eigenvalue weighted by Crippen LogP contribution is -2.19. The second-order valence-corrected chi connectivity index (χ2v) is 5.89. The molecule has 0 aliphatic heterocycles. The number of rotatable bonds is 5. The van der Waals surface area contributed by atoms with Crippen molar-refractivity contribution in [2.75, 3.05) is 0 Å². The third-order valence-electron chi connectivity index (χ3n) is 3.96. The van der Waals surface area contributed by atoms with E-state index >= 15 is 0 Å². The number of para-hydroxylation sites is 1. The van der Waals surface area contributed by atoms with Crippen molar-refractivity contribution in [3.63, 3.8) is 0 Å². The smallest absolute Gasteiger partial charge is 0.244 e. The molecule has 0 unspecified atom stereocenters. The molecule has 1 heterocycles. The zero-order valence-electron chi connectivity index (χ0n) is 14.1. The molecule has 4 heteroatoms. The van der Waals surface area contributed by atoms with Crippen molar-refractivity contribution in [2.24, 2.45) is 5.10 Å². The van der Waals surface area contributed by atoms with Crippen LogP contribution in [0.5, 0.6) is 0 Å². The number of terminal acetylenes is 1. The summed E-state index contributed by atoms with van der Waals surface area (Å²) in [5.74, 6) is 2.50. The summed E-state index contributed by atoms with van der Waals surface area (Å²) in [5.41, 5.74) is 6.68. The highest BCUT2D eigenvalue weighted by atomic mass is 16.2. The van der Waals surface area contributed by atoms with E-state index < -0.39 is 0 Å². The summed E-state index contributed by atoms with van der Waals surface area (Å²) in [5, 5.41) is 5.14. The molecule has 0 atom stereocenters. The summed E-state index contributed by atoms with van der Waals surface area (Å²) in [7, 11) is 0. The highest BCUT2D eigenvalue weighted by Gasteiger charge is 2.06. The molecule has 1 amide bonds. The SMILES string of the molecule is C#CCn1cc(/C=N\NC(=O)Cc2ccc(C)cc2)c2ccccc21. The lowest BCUT2D eigenvalue weighted by molar-refractivity contribution is -0.120. The molecule has 0 fully saturated rings. The molecule has 4 nitrogen and oxygen atoms in total. The van der Waals surface area contributed by atoms with Crippen molar-refractivity contribution in [1.82, 2.24) is 9.99 Å². The van der Waals surface area contributed by atoms with Gasteiger partial charge in [-0.1, -0.05) is 53.9 Å². The van der Waals surface area contributed by atoms with Gasteiger partial charge in [0.15, 0.2) is 0 Å². The van der Waals surface area contributed by atoms with E-state index in [0.29, 0.717) is 13.0 Å². The first-order valence-corrected chi connectivity index (χ1v) is 8.06. The second kappa shape index (κ2) is 7.50. The highest BCUT2D eigenvalue weighted by Crippen LogP contribution is 2.19. The number of benzene rings is 2. The Kier molecular flexibility index (Phi) is 4.96. The van der Waals surface area contributed by atoms with Crippen LogP contribution in [-0.2, 0) is 17.8 Å². The number of hydrazone groups is 1. The second-order valence-electron chi connectivity index (χ2n) is 5.89. The zero-order valence-corrected chi connectivity index (χ0v) is 14.1. The molecule has 0 aliphatic carbocycles. The summed E-state index contributed by atoms with van der Waals surface area (Å²) in [4.78, 5) is 12.0. The number of nitrogens with one attached hydrogen (secondary N) is 1. The molecule has 124 valence electrons. The fourth-order valence-corrected chi connectivity index (χ4v) is 2.71. The third-order valence-corrected chi connectivity index (χ3v) is 3.96. The van der Waals surface area contributed by atoms with Crippen LogP contribution in [0.4, 0.5) is 0 Å². The van der Waals surface area contributed by atoms with Gasteiger partial charge in [-0.15, -0.1) is 6.42 Å². The average Bonchev–Trinajstić information content (AvgIpc) is 2.96. The molecule has 0 aliphatic rings. The Morgan fingerprint density at radius 3 is 2.76 bits per heavy atom. The molecule has 0 radical (unpaired) electrons. The zero-order chi connectivity index (χ0) is 17.6. The van der Waals surface area contributed by atoms with Crippen molar-refractivity contribution in [3.8, 4) is 12.3 Å². The molecule has 3 aromatic rings. The Hall–Kier alpha value is -3.32. The van der Waals surface area contributed by atoms with Crippen LogP contribution < -0.4 is 5.43 Å². The summed E-state index contributed by atoms with van der Waals surface area (Å²) in [6, 6.07) is 15.9. The number of aryl methyl sites for hydroxylation is 1. The van der Waals surface area contributed by atoms with Crippen LogP contribution in [0, 0.1) is 19.3 Å². The van der Waals surface area contributed by atoms with Gasteiger partial charge in [-0.2, -0.15) is 5.10 Å². The Morgan fingerprint density at radius 1 is 1.24 bits per heavy atom. The van der Waals surface area contributed by atoms with Gasteiger partial charge in [-0.25, -0.2) is 5.43 Å². The maximum Gasteiger partial charge on any atom is 0.244 e. The van der Waals surface area contributed by atoms with Crippen LogP contribution in [0.2, 0.25) is 0 Å². The predicted octanol–water partition coefficient (Wildman–Crippen LogP) is 3.28. The van der Waals surface area contributed by atoms with E-state index in [1.165, 1.54) is 5.56 Å². The molecule has 0 bridgehead atoms. The van der Waals surface area contributed by atoms with Crippen molar-refractivity contribution in [2.45, 2.75) is 19.9 Å². The number of hydrogen-bond donors (Lipinski definition) is 1. The maximum atomic E-state index is 12.0. The average molecular weight is 329 g/mol. The summed E-state index contributed by atoms with van der Waals surface area (Å²) in [6.07, 6.45) is 9.32. The number of nitrogens with zero attached hydrogens (tertiary/aromatic N) is 2. The van der Waals surface area contributed by atoms with E-state index in [1.54, 1.807) is 6.21 Å². The Bertz CT molecular complexity index is 959. The number of carbonyl (C=O) groups excluding carboxylic acids is 1. The Labute approximate surface area is 147 Å². The van der Waals surface area contributed by atoms with Gasteiger partial charge in [-0.3, -0.25) is 4.79 Å². The van der Waals surface area contributed by atoms with Gasteiger partial charge in [0.1, 0.15) is 0 Å². The fraction of sp³-hybridized carbons (Fsp3) is 0.143. The van der Waals surface area contributed by atoms with Gasteiger partial charge < -0.3 is 4.57 Å². The first-order chi connectivity index (χ1) is 12.2. The first kappa shape index (κ1) is 16.5. The molecular weight excluding hydrogens is 310 g/mol. The number of carbonyl (C=O) groups is 1. The van der Waals surface area contributed by atoms with Crippen LogP contribution >= 0.6 is 0 Å². The number of amides is 1. The molecule has 1 N–H and O–H groups in total. The molecule has 0 saturated carbocycles. The van der Waals surface area contributed by atoms with E-state index in [-0.39, 0.29) is 5.91 Å². The number of aromatic nitrogens is 1. The summed E-state index contributed by atoms with van der Waals surface area (Å²) in [6.45, 7) is 2.51. The van der Waals surface area contributed by atoms with E-state index in [2.05, 4.69) is 16.4 Å². The monoisotopic (exact) mass is 329 g/mol. The Balaban J connectivity index is 1.70. The van der Waals surface area contributed by atoms with Gasteiger partial charge >= 0.3 is 0 Å². The first-order valence-electron chi connectivity index (χ1n) is 8.06. The topological polar surface area (TPSA) is 46.4 Å². The third kappa shape index (κ3) is 3.96. The molecule has 25 heavy (non-hydrogen) atoms. The van der Waals surface area contributed by atoms with Crippen LogP contribution in [0.25, 0.3) is 10.9 Å². The quantitative estimate of drug-likeness (QED) is 0.436. The van der Waals surface area contributed by atoms with Crippen LogP contribution in [-0.4, -0.2) is 16.7 Å². The van der Waals surface area contributed by atoms with Crippen molar-refractivity contribution >= 4 is 23.0 Å². The minimum Gasteiger partial charge on any atom is -0.335 e. The minimum atomic E-state index is -0.146. The molecule has 0 saturated heterocycles. The fourth-order valence-electron chi connectivity index (χ4n) is 2.71. The summed E-state index contributed by atoms with van der Waals surface area (Å²) >= 11 is 0. The minimum absolute atomic E-state index is 0.146. The van der Waals surface area contributed by atoms with Gasteiger partial charge in [0.25, 0.3) is 0 Å². The van der Waals surface area contributed by atoms with Crippen LogP contribution in [0.15, 0.2) is 59.8 Å². The predicted molar refractivity (Wildman–Crippen MR) is 101 cm³/mol. The number of hydrogen-bond acceptors (Lipinski definition) is 2. The van der Waals surface area contributed by atoms with Gasteiger partial charge in [0.05, 0.1) is 19.2 Å².